The second-order valence-corrected chi connectivity index (χ2v) is 10.3. The molecule has 1 saturated heterocycles. The zero-order chi connectivity index (χ0) is 26.2. The number of likely N-dealkylation sites (tertiary alicyclic amines) is 1. The minimum atomic E-state index is -0.575. The van der Waals surface area contributed by atoms with Gasteiger partial charge in [-0.1, -0.05) is 18.2 Å². The summed E-state index contributed by atoms with van der Waals surface area (Å²) in [7, 11) is 1.87. The molecule has 0 atom stereocenters. The number of nitrogens with zero attached hydrogens (tertiary/aromatic N) is 4. The lowest BCUT2D eigenvalue weighted by Gasteiger charge is -2.30. The Balaban J connectivity index is 1.23. The van der Waals surface area contributed by atoms with Crippen molar-refractivity contribution < 1.29 is 9.18 Å². The fourth-order valence-corrected chi connectivity index (χ4v) is 5.28. The summed E-state index contributed by atoms with van der Waals surface area (Å²) in [5, 5.41) is 17.8. The maximum absolute atomic E-state index is 14.6. The van der Waals surface area contributed by atoms with Crippen LogP contribution in [0.2, 0.25) is 0 Å². The molecule has 1 fully saturated rings. The van der Waals surface area contributed by atoms with Gasteiger partial charge in [-0.3, -0.25) is 19.2 Å². The van der Waals surface area contributed by atoms with E-state index < -0.39 is 17.3 Å². The number of fused-ring (bicyclic) bond motifs is 1. The highest BCUT2D eigenvalue weighted by Crippen LogP contribution is 2.28. The van der Waals surface area contributed by atoms with Crippen LogP contribution < -0.4 is 16.2 Å². The molecule has 38 heavy (non-hydrogen) atoms. The van der Waals surface area contributed by atoms with Gasteiger partial charge in [0.2, 0.25) is 0 Å². The highest BCUT2D eigenvalue weighted by atomic mass is 32.1. The minimum absolute atomic E-state index is 0.0211. The van der Waals surface area contributed by atoms with Crippen LogP contribution in [-0.2, 0) is 13.6 Å². The Kier molecular flexibility index (Phi) is 6.22. The molecule has 1 aliphatic rings. The molecule has 3 aromatic heterocycles. The maximum atomic E-state index is 14.6. The van der Waals surface area contributed by atoms with E-state index in [1.807, 2.05) is 37.4 Å². The Morgan fingerprint density at radius 3 is 2.74 bits per heavy atom. The topological polar surface area (TPSA) is 108 Å². The third-order valence-electron chi connectivity index (χ3n) is 6.54. The number of nitrogens with one attached hydrogen (secondary N) is 3. The molecule has 5 aromatic rings. The highest BCUT2D eigenvalue weighted by molar-refractivity contribution is 7.20. The quantitative estimate of drug-likeness (QED) is 0.282. The lowest BCUT2D eigenvalue weighted by atomic mass is 10.1. The van der Waals surface area contributed by atoms with E-state index in [-0.39, 0.29) is 11.4 Å². The molecule has 4 heterocycles. The number of hydrogen-bond acceptors (Lipinski definition) is 7. The van der Waals surface area contributed by atoms with Gasteiger partial charge in [0.1, 0.15) is 11.5 Å². The van der Waals surface area contributed by atoms with Crippen LogP contribution >= 0.6 is 11.3 Å². The largest absolute Gasteiger partial charge is 0.334 e. The van der Waals surface area contributed by atoms with E-state index >= 15 is 0 Å². The molecule has 0 saturated carbocycles. The smallest absolute Gasteiger partial charge is 0.287 e. The van der Waals surface area contributed by atoms with Crippen LogP contribution in [0.3, 0.4) is 0 Å². The number of thiophene rings is 1. The maximum Gasteiger partial charge on any atom is 0.287 e. The summed E-state index contributed by atoms with van der Waals surface area (Å²) in [6.45, 7) is 2.95. The molecule has 0 unspecified atom stereocenters. The molecule has 0 bridgehead atoms. The summed E-state index contributed by atoms with van der Waals surface area (Å²) in [6, 6.07) is 17.2. The van der Waals surface area contributed by atoms with E-state index in [0.29, 0.717) is 22.0 Å². The summed E-state index contributed by atoms with van der Waals surface area (Å²) in [4.78, 5) is 28.1. The van der Waals surface area contributed by atoms with Crippen molar-refractivity contribution in [2.45, 2.75) is 13.0 Å². The molecule has 11 heteroatoms. The number of carbonyl (C=O) groups is 1. The summed E-state index contributed by atoms with van der Waals surface area (Å²) < 4.78 is 17.4. The van der Waals surface area contributed by atoms with Gasteiger partial charge in [-0.15, -0.1) is 11.3 Å². The first-order valence-corrected chi connectivity index (χ1v) is 13.0. The molecule has 1 amide bonds. The molecule has 0 aliphatic carbocycles. The number of hydrogen-bond donors (Lipinski definition) is 3. The van der Waals surface area contributed by atoms with Crippen molar-refractivity contribution in [3.8, 4) is 11.3 Å². The number of aromatic nitrogens is 4. The van der Waals surface area contributed by atoms with Crippen molar-refractivity contribution in [1.82, 2.24) is 24.9 Å². The summed E-state index contributed by atoms with van der Waals surface area (Å²) in [6.07, 6.45) is 1.21. The number of carbonyl (C=O) groups excluding carboxylic acids is 1. The van der Waals surface area contributed by atoms with Gasteiger partial charge in [-0.25, -0.2) is 9.49 Å². The molecular formula is C27H24FN7O2S. The Hall–Kier alpha value is -4.35. The summed E-state index contributed by atoms with van der Waals surface area (Å²) >= 11 is 1.34. The molecule has 0 radical (unpaired) electrons. The minimum Gasteiger partial charge on any atom is -0.334 e. The lowest BCUT2D eigenvalue weighted by molar-refractivity contribution is 0.103. The first-order chi connectivity index (χ1) is 18.4. The Bertz CT molecular complexity index is 1690. The number of anilines is 3. The molecule has 2 aromatic carbocycles. The van der Waals surface area contributed by atoms with E-state index in [1.165, 1.54) is 29.9 Å². The van der Waals surface area contributed by atoms with Gasteiger partial charge in [0, 0.05) is 29.9 Å². The average molecular weight is 530 g/mol. The molecule has 3 N–H and O–H groups in total. The van der Waals surface area contributed by atoms with E-state index in [9.17, 15) is 14.0 Å². The van der Waals surface area contributed by atoms with E-state index in [2.05, 4.69) is 30.8 Å². The van der Waals surface area contributed by atoms with Crippen LogP contribution in [0.4, 0.5) is 21.6 Å². The van der Waals surface area contributed by atoms with Gasteiger partial charge < -0.3 is 10.6 Å². The first kappa shape index (κ1) is 24.0. The van der Waals surface area contributed by atoms with Crippen molar-refractivity contribution in [3.05, 3.63) is 87.4 Å². The van der Waals surface area contributed by atoms with Gasteiger partial charge in [0.15, 0.2) is 5.82 Å². The molecule has 192 valence electrons. The fraction of sp³-hybridized carbons (Fsp3) is 0.185. The van der Waals surface area contributed by atoms with Crippen LogP contribution in [0.15, 0.2) is 65.5 Å². The van der Waals surface area contributed by atoms with Crippen molar-refractivity contribution in [2.24, 2.45) is 7.05 Å². The standard InChI is InChI=1S/C27H24FN7O2S/c1-34-18(15-35-9-4-10-35)13-25(33-34)29-22-14-20(31-32-26(22)36)16-7-8-19(28)21(11-16)30-27(37)24-12-17-5-2-3-6-23(17)38-24/h2-3,5-8,11-14H,4,9-10,15H2,1H3,(H,30,37)(H,32,36)(H,29,31,33). The number of amides is 1. The van der Waals surface area contributed by atoms with Crippen LogP contribution in [0.25, 0.3) is 21.3 Å². The predicted molar refractivity (Wildman–Crippen MR) is 146 cm³/mol. The average Bonchev–Trinajstić information content (AvgIpc) is 3.47. The predicted octanol–water partition coefficient (Wildman–Crippen LogP) is 4.73. The van der Waals surface area contributed by atoms with Crippen molar-refractivity contribution in [1.29, 1.82) is 0 Å². The van der Waals surface area contributed by atoms with E-state index in [4.69, 9.17) is 0 Å². The second-order valence-electron chi connectivity index (χ2n) is 9.19. The van der Waals surface area contributed by atoms with Crippen molar-refractivity contribution >= 4 is 44.5 Å². The van der Waals surface area contributed by atoms with Gasteiger partial charge in [0.25, 0.3) is 11.5 Å². The molecule has 9 nitrogen and oxygen atoms in total. The monoisotopic (exact) mass is 529 g/mol. The Morgan fingerprint density at radius 1 is 1.11 bits per heavy atom. The van der Waals surface area contributed by atoms with Crippen molar-refractivity contribution in [3.63, 3.8) is 0 Å². The number of aromatic amines is 1. The third kappa shape index (κ3) is 4.81. The number of rotatable bonds is 7. The zero-order valence-electron chi connectivity index (χ0n) is 20.5. The summed E-state index contributed by atoms with van der Waals surface area (Å²) in [5.74, 6) is -0.432. The SMILES string of the molecule is Cn1nc(Nc2cc(-c3ccc(F)c(NC(=O)c4cc5ccccc5s4)c3)n[nH]c2=O)cc1CN1CCC1. The van der Waals surface area contributed by atoms with Crippen LogP contribution in [0.1, 0.15) is 21.8 Å². The van der Waals surface area contributed by atoms with Gasteiger partial charge in [-0.05, 0) is 61.3 Å². The molecule has 1 aliphatic heterocycles. The number of benzene rings is 2. The Labute approximate surface area is 220 Å². The first-order valence-electron chi connectivity index (χ1n) is 12.1. The van der Waals surface area contributed by atoms with E-state index in [1.54, 1.807) is 22.9 Å². The molecular weight excluding hydrogens is 505 g/mol. The number of aryl methyl sites for hydroxylation is 1. The zero-order valence-corrected chi connectivity index (χ0v) is 21.3. The normalized spacial score (nSPS) is 13.4. The second kappa shape index (κ2) is 9.84. The van der Waals surface area contributed by atoms with Crippen LogP contribution in [0, 0.1) is 5.82 Å². The number of H-pyrrole nitrogens is 1. The fourth-order valence-electron chi connectivity index (χ4n) is 4.33. The van der Waals surface area contributed by atoms with Crippen molar-refractivity contribution in [2.75, 3.05) is 23.7 Å². The third-order valence-corrected chi connectivity index (χ3v) is 7.65. The molecule has 6 rings (SSSR count). The molecule has 0 spiro atoms. The summed E-state index contributed by atoms with van der Waals surface area (Å²) in [5.41, 5.74) is 1.83. The number of halogens is 1. The van der Waals surface area contributed by atoms with Crippen LogP contribution in [0.5, 0.6) is 0 Å². The Morgan fingerprint density at radius 2 is 1.95 bits per heavy atom. The van der Waals surface area contributed by atoms with Crippen LogP contribution in [-0.4, -0.2) is 43.9 Å². The van der Waals surface area contributed by atoms with E-state index in [0.717, 1.165) is 35.4 Å². The lowest BCUT2D eigenvalue weighted by Crippen LogP contribution is -2.36. The highest BCUT2D eigenvalue weighted by Gasteiger charge is 2.18. The van der Waals surface area contributed by atoms with Gasteiger partial charge >= 0.3 is 0 Å². The van der Waals surface area contributed by atoms with Gasteiger partial charge in [-0.2, -0.15) is 10.2 Å². The van der Waals surface area contributed by atoms with Gasteiger partial charge in [0.05, 0.1) is 22.0 Å².